The Bertz CT molecular complexity index is 646. The fraction of sp³-hybridized carbons (Fsp3) is 0.167. The standard InChI is InChI=1S/C12H11F2N3O2/c1-2-19-12(18)7-5-16-10-4-9(14)8(13)3-6(10)11(7)17-15/h3-5H,2,15H2,1H3,(H,16,17). The molecule has 0 spiro atoms. The average molecular weight is 267 g/mol. The minimum Gasteiger partial charge on any atom is -0.462 e. The van der Waals surface area contributed by atoms with Crippen LogP contribution in [0.1, 0.15) is 17.3 Å². The molecule has 1 aromatic heterocycles. The van der Waals surface area contributed by atoms with Gasteiger partial charge in [0, 0.05) is 17.6 Å². The number of carbonyl (C=O) groups is 1. The summed E-state index contributed by atoms with van der Waals surface area (Å²) in [6, 6.07) is 1.86. The smallest absolute Gasteiger partial charge is 0.341 e. The highest BCUT2D eigenvalue weighted by molar-refractivity contribution is 6.04. The molecule has 5 nitrogen and oxygen atoms in total. The zero-order valence-electron chi connectivity index (χ0n) is 10.0. The van der Waals surface area contributed by atoms with E-state index in [1.807, 2.05) is 0 Å². The van der Waals surface area contributed by atoms with E-state index in [4.69, 9.17) is 10.6 Å². The molecule has 0 aliphatic heterocycles. The number of rotatable bonds is 3. The largest absolute Gasteiger partial charge is 0.462 e. The minimum atomic E-state index is -1.05. The number of nitrogens with zero attached hydrogens (tertiary/aromatic N) is 1. The molecule has 0 saturated carbocycles. The van der Waals surface area contributed by atoms with Crippen LogP contribution in [0.5, 0.6) is 0 Å². The second-order valence-electron chi connectivity index (χ2n) is 3.70. The van der Waals surface area contributed by atoms with Crippen LogP contribution >= 0.6 is 0 Å². The SMILES string of the molecule is CCOC(=O)c1cnc2cc(F)c(F)cc2c1NN. The van der Waals surface area contributed by atoms with Gasteiger partial charge in [-0.3, -0.25) is 10.8 Å². The molecule has 100 valence electrons. The van der Waals surface area contributed by atoms with Gasteiger partial charge in [0.15, 0.2) is 11.6 Å². The van der Waals surface area contributed by atoms with Gasteiger partial charge in [0.25, 0.3) is 0 Å². The van der Waals surface area contributed by atoms with E-state index in [1.54, 1.807) is 6.92 Å². The van der Waals surface area contributed by atoms with E-state index >= 15 is 0 Å². The maximum atomic E-state index is 13.3. The predicted molar refractivity (Wildman–Crippen MR) is 65.4 cm³/mol. The van der Waals surface area contributed by atoms with Crippen molar-refractivity contribution in [1.29, 1.82) is 0 Å². The molecule has 0 fully saturated rings. The van der Waals surface area contributed by atoms with Gasteiger partial charge in [0.05, 0.1) is 17.8 Å². The van der Waals surface area contributed by atoms with E-state index in [0.717, 1.165) is 12.1 Å². The van der Waals surface area contributed by atoms with Crippen LogP contribution in [-0.2, 0) is 4.74 Å². The number of nitrogens with two attached hydrogens (primary N) is 1. The first-order valence-corrected chi connectivity index (χ1v) is 5.50. The fourth-order valence-electron chi connectivity index (χ4n) is 1.71. The first-order chi connectivity index (χ1) is 9.08. The van der Waals surface area contributed by atoms with Crippen molar-refractivity contribution in [2.24, 2.45) is 5.84 Å². The number of esters is 1. The normalized spacial score (nSPS) is 10.5. The van der Waals surface area contributed by atoms with Crippen LogP contribution in [0.2, 0.25) is 0 Å². The number of hydrazine groups is 1. The first kappa shape index (κ1) is 13.2. The average Bonchev–Trinajstić information content (AvgIpc) is 2.39. The number of hydrogen-bond acceptors (Lipinski definition) is 5. The van der Waals surface area contributed by atoms with E-state index in [-0.39, 0.29) is 28.8 Å². The number of anilines is 1. The van der Waals surface area contributed by atoms with Crippen LogP contribution < -0.4 is 11.3 Å². The molecule has 1 heterocycles. The Balaban J connectivity index is 2.68. The Hall–Kier alpha value is -2.28. The molecule has 2 aromatic rings. The lowest BCUT2D eigenvalue weighted by Gasteiger charge is -2.11. The number of aromatic nitrogens is 1. The molecule has 0 aliphatic carbocycles. The zero-order valence-corrected chi connectivity index (χ0v) is 10.0. The van der Waals surface area contributed by atoms with Crippen molar-refractivity contribution in [2.75, 3.05) is 12.0 Å². The minimum absolute atomic E-state index is 0.0582. The maximum Gasteiger partial charge on any atom is 0.341 e. The summed E-state index contributed by atoms with van der Waals surface area (Å²) in [6.45, 7) is 1.83. The molecule has 1 aromatic carbocycles. The zero-order chi connectivity index (χ0) is 14.0. The summed E-state index contributed by atoms with van der Waals surface area (Å²) in [6.07, 6.45) is 1.20. The molecule has 0 unspecified atom stereocenters. The Morgan fingerprint density at radius 2 is 2.11 bits per heavy atom. The van der Waals surface area contributed by atoms with E-state index in [1.165, 1.54) is 6.20 Å². The lowest BCUT2D eigenvalue weighted by molar-refractivity contribution is 0.0527. The van der Waals surface area contributed by atoms with Gasteiger partial charge in [-0.1, -0.05) is 0 Å². The Kier molecular flexibility index (Phi) is 3.57. The van der Waals surface area contributed by atoms with Crippen molar-refractivity contribution in [3.8, 4) is 0 Å². The number of hydrogen-bond donors (Lipinski definition) is 2. The molecule has 3 N–H and O–H groups in total. The summed E-state index contributed by atoms with van der Waals surface area (Å²) in [5, 5.41) is 0.201. The molecular formula is C12H11F2N3O2. The van der Waals surface area contributed by atoms with Gasteiger partial charge in [-0.05, 0) is 13.0 Å². The van der Waals surface area contributed by atoms with Crippen LogP contribution in [0.15, 0.2) is 18.3 Å². The highest BCUT2D eigenvalue weighted by Crippen LogP contribution is 2.27. The van der Waals surface area contributed by atoms with Crippen molar-refractivity contribution in [1.82, 2.24) is 4.98 Å². The third kappa shape index (κ3) is 2.32. The number of carbonyl (C=O) groups excluding carboxylic acids is 1. The van der Waals surface area contributed by atoms with Crippen molar-refractivity contribution >= 4 is 22.6 Å². The quantitative estimate of drug-likeness (QED) is 0.505. The molecular weight excluding hydrogens is 256 g/mol. The van der Waals surface area contributed by atoms with Crippen molar-refractivity contribution in [2.45, 2.75) is 6.92 Å². The van der Waals surface area contributed by atoms with Gasteiger partial charge in [0.1, 0.15) is 5.56 Å². The summed E-state index contributed by atoms with van der Waals surface area (Å²) < 4.78 is 31.2. The number of benzene rings is 1. The number of ether oxygens (including phenoxy) is 1. The molecule has 0 saturated heterocycles. The lowest BCUT2D eigenvalue weighted by Crippen LogP contribution is -2.15. The van der Waals surface area contributed by atoms with E-state index in [0.29, 0.717) is 0 Å². The number of nitrogens with one attached hydrogen (secondary N) is 1. The molecule has 2 rings (SSSR count). The van der Waals surface area contributed by atoms with Crippen LogP contribution in [0.3, 0.4) is 0 Å². The van der Waals surface area contributed by atoms with Gasteiger partial charge in [0.2, 0.25) is 0 Å². The van der Waals surface area contributed by atoms with Gasteiger partial charge >= 0.3 is 5.97 Å². The van der Waals surface area contributed by atoms with Crippen LogP contribution in [0, 0.1) is 11.6 Å². The first-order valence-electron chi connectivity index (χ1n) is 5.50. The summed E-state index contributed by atoms with van der Waals surface area (Å²) in [4.78, 5) is 15.6. The lowest BCUT2D eigenvalue weighted by atomic mass is 10.1. The number of pyridine rings is 1. The van der Waals surface area contributed by atoms with E-state index < -0.39 is 17.6 Å². The molecule has 19 heavy (non-hydrogen) atoms. The number of nitrogen functional groups attached to an aromatic ring is 1. The Morgan fingerprint density at radius 3 is 2.74 bits per heavy atom. The van der Waals surface area contributed by atoms with Crippen molar-refractivity contribution < 1.29 is 18.3 Å². The fourth-order valence-corrected chi connectivity index (χ4v) is 1.71. The molecule has 7 heteroatoms. The highest BCUT2D eigenvalue weighted by Gasteiger charge is 2.17. The molecule has 0 bridgehead atoms. The second-order valence-corrected chi connectivity index (χ2v) is 3.70. The van der Waals surface area contributed by atoms with E-state index in [2.05, 4.69) is 10.4 Å². The third-order valence-electron chi connectivity index (χ3n) is 2.55. The monoisotopic (exact) mass is 267 g/mol. The van der Waals surface area contributed by atoms with Gasteiger partial charge in [-0.25, -0.2) is 13.6 Å². The van der Waals surface area contributed by atoms with Crippen molar-refractivity contribution in [3.05, 3.63) is 35.5 Å². The summed E-state index contributed by atoms with van der Waals surface area (Å²) in [5.74, 6) is 2.62. The molecule has 0 radical (unpaired) electrons. The molecule has 0 atom stereocenters. The molecule has 0 amide bonds. The number of fused-ring (bicyclic) bond motifs is 1. The Labute approximate surface area is 107 Å². The van der Waals surface area contributed by atoms with Crippen LogP contribution in [0.25, 0.3) is 10.9 Å². The highest BCUT2D eigenvalue weighted by atomic mass is 19.2. The Morgan fingerprint density at radius 1 is 1.42 bits per heavy atom. The van der Waals surface area contributed by atoms with Gasteiger partial charge in [-0.2, -0.15) is 0 Å². The summed E-state index contributed by atoms with van der Waals surface area (Å²) in [7, 11) is 0. The number of halogens is 2. The summed E-state index contributed by atoms with van der Waals surface area (Å²) in [5.41, 5.74) is 2.67. The van der Waals surface area contributed by atoms with Gasteiger partial charge in [-0.15, -0.1) is 0 Å². The third-order valence-corrected chi connectivity index (χ3v) is 2.55. The van der Waals surface area contributed by atoms with Crippen LogP contribution in [-0.4, -0.2) is 17.6 Å². The van der Waals surface area contributed by atoms with Gasteiger partial charge < -0.3 is 10.2 Å². The topological polar surface area (TPSA) is 77.2 Å². The second kappa shape index (κ2) is 5.15. The van der Waals surface area contributed by atoms with E-state index in [9.17, 15) is 13.6 Å². The van der Waals surface area contributed by atoms with Crippen molar-refractivity contribution in [3.63, 3.8) is 0 Å². The predicted octanol–water partition coefficient (Wildman–Crippen LogP) is 1.98. The summed E-state index contributed by atoms with van der Waals surface area (Å²) >= 11 is 0. The molecule has 0 aliphatic rings. The van der Waals surface area contributed by atoms with Crippen LogP contribution in [0.4, 0.5) is 14.5 Å². The maximum absolute atomic E-state index is 13.3.